The first-order valence-corrected chi connectivity index (χ1v) is 7.27. The number of ether oxygens (including phenoxy) is 3. The molecule has 0 aliphatic carbocycles. The summed E-state index contributed by atoms with van der Waals surface area (Å²) in [6.07, 6.45) is 4.22. The number of rotatable bonds is 6. The maximum absolute atomic E-state index is 6.29. The van der Waals surface area contributed by atoms with Gasteiger partial charge in [-0.15, -0.1) is 0 Å². The third-order valence-corrected chi connectivity index (χ3v) is 3.92. The summed E-state index contributed by atoms with van der Waals surface area (Å²) in [7, 11) is 3.30. The topological polar surface area (TPSA) is 53.7 Å². The molecule has 4 heteroatoms. The van der Waals surface area contributed by atoms with Gasteiger partial charge in [0.05, 0.1) is 14.2 Å². The van der Waals surface area contributed by atoms with Crippen LogP contribution in [0.15, 0.2) is 18.2 Å². The van der Waals surface area contributed by atoms with Crippen LogP contribution in [0.1, 0.15) is 24.8 Å². The van der Waals surface area contributed by atoms with Gasteiger partial charge < -0.3 is 19.9 Å². The van der Waals surface area contributed by atoms with Crippen molar-refractivity contribution in [1.29, 1.82) is 0 Å². The Labute approximate surface area is 121 Å². The third-order valence-electron chi connectivity index (χ3n) is 3.92. The number of benzene rings is 1. The number of hydrogen-bond donors (Lipinski definition) is 1. The summed E-state index contributed by atoms with van der Waals surface area (Å²) in [4.78, 5) is 0. The zero-order chi connectivity index (χ0) is 14.4. The van der Waals surface area contributed by atoms with E-state index in [2.05, 4.69) is 6.07 Å². The lowest BCUT2D eigenvalue weighted by atomic mass is 9.90. The molecule has 0 radical (unpaired) electrons. The number of hydrogen-bond acceptors (Lipinski definition) is 4. The molecule has 20 heavy (non-hydrogen) atoms. The standard InChI is InChI=1S/C16H25NO3/c1-18-15-4-3-13(11-16(15)19-2)10-14(17)9-12-5-7-20-8-6-12/h3-4,11-12,14H,5-10,17H2,1-2H3. The van der Waals surface area contributed by atoms with E-state index in [1.807, 2.05) is 12.1 Å². The van der Waals surface area contributed by atoms with Crippen LogP contribution in [-0.2, 0) is 11.2 Å². The van der Waals surface area contributed by atoms with Gasteiger partial charge >= 0.3 is 0 Å². The molecule has 1 unspecified atom stereocenters. The molecule has 1 fully saturated rings. The minimum atomic E-state index is 0.191. The predicted octanol–water partition coefficient (Wildman–Crippen LogP) is 2.39. The summed E-state index contributed by atoms with van der Waals surface area (Å²) in [5.74, 6) is 2.23. The van der Waals surface area contributed by atoms with Crippen molar-refractivity contribution < 1.29 is 14.2 Å². The maximum atomic E-state index is 6.29. The summed E-state index contributed by atoms with van der Waals surface area (Å²) in [5.41, 5.74) is 7.48. The van der Waals surface area contributed by atoms with E-state index in [4.69, 9.17) is 19.9 Å². The monoisotopic (exact) mass is 279 g/mol. The average molecular weight is 279 g/mol. The fourth-order valence-corrected chi connectivity index (χ4v) is 2.80. The molecule has 1 heterocycles. The van der Waals surface area contributed by atoms with Gasteiger partial charge in [0.1, 0.15) is 0 Å². The second kappa shape index (κ2) is 7.50. The lowest BCUT2D eigenvalue weighted by Crippen LogP contribution is -2.28. The largest absolute Gasteiger partial charge is 0.493 e. The van der Waals surface area contributed by atoms with Crippen molar-refractivity contribution >= 4 is 0 Å². The summed E-state index contributed by atoms with van der Waals surface area (Å²) in [5, 5.41) is 0. The van der Waals surface area contributed by atoms with Gasteiger partial charge in [0.25, 0.3) is 0 Å². The van der Waals surface area contributed by atoms with Gasteiger partial charge in [-0.3, -0.25) is 0 Å². The number of nitrogens with two attached hydrogens (primary N) is 1. The molecule has 1 aromatic carbocycles. The first kappa shape index (κ1) is 15.1. The molecule has 0 aromatic heterocycles. The van der Waals surface area contributed by atoms with Crippen LogP contribution < -0.4 is 15.2 Å². The van der Waals surface area contributed by atoms with Crippen LogP contribution in [0, 0.1) is 5.92 Å². The average Bonchev–Trinajstić information content (AvgIpc) is 2.48. The van der Waals surface area contributed by atoms with Crippen LogP contribution in [-0.4, -0.2) is 33.5 Å². The van der Waals surface area contributed by atoms with Crippen LogP contribution in [0.25, 0.3) is 0 Å². The Kier molecular flexibility index (Phi) is 5.68. The Bertz CT molecular complexity index is 416. The van der Waals surface area contributed by atoms with Crippen molar-refractivity contribution in [2.75, 3.05) is 27.4 Å². The SMILES string of the molecule is COc1ccc(CC(N)CC2CCOCC2)cc1OC. The van der Waals surface area contributed by atoms with Gasteiger partial charge in [-0.25, -0.2) is 0 Å². The third kappa shape index (κ3) is 4.12. The first-order chi connectivity index (χ1) is 9.72. The van der Waals surface area contributed by atoms with Gasteiger partial charge in [0, 0.05) is 19.3 Å². The normalized spacial score (nSPS) is 17.8. The molecule has 1 aliphatic heterocycles. The minimum absolute atomic E-state index is 0.191. The minimum Gasteiger partial charge on any atom is -0.493 e. The van der Waals surface area contributed by atoms with Crippen LogP contribution in [0.4, 0.5) is 0 Å². The van der Waals surface area contributed by atoms with E-state index in [-0.39, 0.29) is 6.04 Å². The van der Waals surface area contributed by atoms with Gasteiger partial charge in [0.15, 0.2) is 11.5 Å². The van der Waals surface area contributed by atoms with Crippen LogP contribution in [0.3, 0.4) is 0 Å². The molecule has 4 nitrogen and oxygen atoms in total. The fourth-order valence-electron chi connectivity index (χ4n) is 2.80. The molecule has 2 rings (SSSR count). The van der Waals surface area contributed by atoms with Crippen LogP contribution >= 0.6 is 0 Å². The number of methoxy groups -OCH3 is 2. The molecular weight excluding hydrogens is 254 g/mol. The summed E-state index contributed by atoms with van der Waals surface area (Å²) in [6.45, 7) is 1.77. The Morgan fingerprint density at radius 2 is 1.90 bits per heavy atom. The zero-order valence-corrected chi connectivity index (χ0v) is 12.4. The molecule has 1 atom stereocenters. The molecule has 0 amide bonds. The van der Waals surface area contributed by atoms with E-state index in [1.54, 1.807) is 14.2 Å². The molecule has 1 aromatic rings. The highest BCUT2D eigenvalue weighted by molar-refractivity contribution is 5.43. The van der Waals surface area contributed by atoms with E-state index < -0.39 is 0 Å². The molecule has 1 saturated heterocycles. The summed E-state index contributed by atoms with van der Waals surface area (Å²) < 4.78 is 16.0. The molecular formula is C16H25NO3. The maximum Gasteiger partial charge on any atom is 0.160 e. The van der Waals surface area contributed by atoms with Gasteiger partial charge in [-0.05, 0) is 49.3 Å². The Hall–Kier alpha value is -1.26. The summed E-state index contributed by atoms with van der Waals surface area (Å²) in [6, 6.07) is 6.21. The molecule has 0 saturated carbocycles. The summed E-state index contributed by atoms with van der Waals surface area (Å²) >= 11 is 0. The first-order valence-electron chi connectivity index (χ1n) is 7.27. The molecule has 0 bridgehead atoms. The van der Waals surface area contributed by atoms with E-state index in [0.717, 1.165) is 50.4 Å². The quantitative estimate of drug-likeness (QED) is 0.868. The zero-order valence-electron chi connectivity index (χ0n) is 12.4. The second-order valence-corrected chi connectivity index (χ2v) is 5.44. The van der Waals surface area contributed by atoms with Crippen LogP contribution in [0.5, 0.6) is 11.5 Å². The lowest BCUT2D eigenvalue weighted by molar-refractivity contribution is 0.0619. The van der Waals surface area contributed by atoms with E-state index >= 15 is 0 Å². The highest BCUT2D eigenvalue weighted by Gasteiger charge is 2.17. The van der Waals surface area contributed by atoms with E-state index in [9.17, 15) is 0 Å². The molecule has 112 valence electrons. The Morgan fingerprint density at radius 3 is 2.55 bits per heavy atom. The molecule has 1 aliphatic rings. The second-order valence-electron chi connectivity index (χ2n) is 5.44. The lowest BCUT2D eigenvalue weighted by Gasteiger charge is -2.25. The molecule has 0 spiro atoms. The van der Waals surface area contributed by atoms with E-state index in [1.165, 1.54) is 5.56 Å². The highest BCUT2D eigenvalue weighted by atomic mass is 16.5. The van der Waals surface area contributed by atoms with Crippen molar-refractivity contribution in [3.63, 3.8) is 0 Å². The van der Waals surface area contributed by atoms with Crippen molar-refractivity contribution in [2.45, 2.75) is 31.7 Å². The highest BCUT2D eigenvalue weighted by Crippen LogP contribution is 2.28. The van der Waals surface area contributed by atoms with Gasteiger partial charge in [0.2, 0.25) is 0 Å². The molecule has 2 N–H and O–H groups in total. The van der Waals surface area contributed by atoms with Gasteiger partial charge in [-0.1, -0.05) is 6.07 Å². The van der Waals surface area contributed by atoms with E-state index in [0.29, 0.717) is 5.92 Å². The van der Waals surface area contributed by atoms with Crippen molar-refractivity contribution in [3.05, 3.63) is 23.8 Å². The smallest absolute Gasteiger partial charge is 0.160 e. The van der Waals surface area contributed by atoms with Crippen molar-refractivity contribution in [1.82, 2.24) is 0 Å². The van der Waals surface area contributed by atoms with Crippen molar-refractivity contribution in [2.24, 2.45) is 11.7 Å². The van der Waals surface area contributed by atoms with Crippen LogP contribution in [0.2, 0.25) is 0 Å². The fraction of sp³-hybridized carbons (Fsp3) is 0.625. The predicted molar refractivity (Wildman–Crippen MR) is 79.4 cm³/mol. The Morgan fingerprint density at radius 1 is 1.20 bits per heavy atom. The Balaban J connectivity index is 1.91. The van der Waals surface area contributed by atoms with Gasteiger partial charge in [-0.2, -0.15) is 0 Å². The van der Waals surface area contributed by atoms with Crippen molar-refractivity contribution in [3.8, 4) is 11.5 Å².